The van der Waals surface area contributed by atoms with Gasteiger partial charge in [0.1, 0.15) is 5.75 Å². The van der Waals surface area contributed by atoms with Gasteiger partial charge in [0, 0.05) is 6.04 Å². The molecule has 0 spiro atoms. The number of rotatable bonds is 4. The first-order valence-electron chi connectivity index (χ1n) is 6.75. The summed E-state index contributed by atoms with van der Waals surface area (Å²) in [5.74, 6) is 0.569. The second-order valence-corrected chi connectivity index (χ2v) is 5.32. The van der Waals surface area contributed by atoms with E-state index in [4.69, 9.17) is 10.5 Å². The molecule has 0 saturated heterocycles. The number of nitrogens with two attached hydrogens (primary N) is 1. The Morgan fingerprint density at radius 3 is 2.50 bits per heavy atom. The van der Waals surface area contributed by atoms with Crippen LogP contribution in [0.5, 0.6) is 11.5 Å². The summed E-state index contributed by atoms with van der Waals surface area (Å²) >= 11 is 0. The first kappa shape index (κ1) is 14.5. The SMILES string of the molecule is Cc1ccc(C)c(Oc2ccc(CC(C)N)cc2F)c1. The number of benzene rings is 2. The highest BCUT2D eigenvalue weighted by atomic mass is 19.1. The lowest BCUT2D eigenvalue weighted by atomic mass is 10.1. The van der Waals surface area contributed by atoms with E-state index in [-0.39, 0.29) is 17.6 Å². The number of hydrogen-bond acceptors (Lipinski definition) is 2. The summed E-state index contributed by atoms with van der Waals surface area (Å²) in [5, 5.41) is 0. The molecule has 3 heteroatoms. The molecule has 2 aromatic rings. The highest BCUT2D eigenvalue weighted by Crippen LogP contribution is 2.28. The molecule has 106 valence electrons. The lowest BCUT2D eigenvalue weighted by molar-refractivity contribution is 0.438. The zero-order valence-corrected chi connectivity index (χ0v) is 12.1. The maximum absolute atomic E-state index is 14.1. The molecule has 0 aliphatic carbocycles. The molecular formula is C17H20FNO. The average Bonchev–Trinajstić information content (AvgIpc) is 2.36. The van der Waals surface area contributed by atoms with Gasteiger partial charge in [-0.3, -0.25) is 0 Å². The van der Waals surface area contributed by atoms with E-state index in [0.29, 0.717) is 12.2 Å². The topological polar surface area (TPSA) is 35.2 Å². The lowest BCUT2D eigenvalue weighted by Gasteiger charge is -2.12. The molecule has 2 N–H and O–H groups in total. The Bertz CT molecular complexity index is 608. The summed E-state index contributed by atoms with van der Waals surface area (Å²) in [7, 11) is 0. The molecule has 0 aliphatic heterocycles. The van der Waals surface area contributed by atoms with E-state index in [1.165, 1.54) is 6.07 Å². The zero-order chi connectivity index (χ0) is 14.7. The van der Waals surface area contributed by atoms with Crippen molar-refractivity contribution in [3.63, 3.8) is 0 Å². The first-order valence-corrected chi connectivity index (χ1v) is 6.75. The van der Waals surface area contributed by atoms with Crippen LogP contribution in [0.1, 0.15) is 23.6 Å². The average molecular weight is 273 g/mol. The molecule has 0 bridgehead atoms. The van der Waals surface area contributed by atoms with Crippen molar-refractivity contribution in [2.24, 2.45) is 5.73 Å². The van der Waals surface area contributed by atoms with Gasteiger partial charge in [-0.2, -0.15) is 0 Å². The summed E-state index contributed by atoms with van der Waals surface area (Å²) in [6, 6.07) is 10.9. The van der Waals surface area contributed by atoms with Crippen LogP contribution in [0.3, 0.4) is 0 Å². The molecule has 0 heterocycles. The van der Waals surface area contributed by atoms with Crippen molar-refractivity contribution in [3.8, 4) is 11.5 Å². The fourth-order valence-electron chi connectivity index (χ4n) is 2.06. The molecule has 20 heavy (non-hydrogen) atoms. The monoisotopic (exact) mass is 273 g/mol. The molecule has 1 atom stereocenters. The lowest BCUT2D eigenvalue weighted by Crippen LogP contribution is -2.17. The minimum Gasteiger partial charge on any atom is -0.454 e. The van der Waals surface area contributed by atoms with Crippen LogP contribution in [-0.4, -0.2) is 6.04 Å². The Morgan fingerprint density at radius 1 is 1.10 bits per heavy atom. The molecular weight excluding hydrogens is 253 g/mol. The fourth-order valence-corrected chi connectivity index (χ4v) is 2.06. The second-order valence-electron chi connectivity index (χ2n) is 5.32. The quantitative estimate of drug-likeness (QED) is 0.909. The van der Waals surface area contributed by atoms with Gasteiger partial charge in [-0.1, -0.05) is 18.2 Å². The first-order chi connectivity index (χ1) is 9.45. The predicted octanol–water partition coefficient (Wildman–Crippen LogP) is 4.12. The second kappa shape index (κ2) is 6.06. The Kier molecular flexibility index (Phi) is 4.40. The predicted molar refractivity (Wildman–Crippen MR) is 79.7 cm³/mol. The van der Waals surface area contributed by atoms with E-state index in [9.17, 15) is 4.39 Å². The van der Waals surface area contributed by atoms with Gasteiger partial charge in [0.15, 0.2) is 11.6 Å². The minimum atomic E-state index is -0.357. The van der Waals surface area contributed by atoms with E-state index >= 15 is 0 Å². The molecule has 2 aromatic carbocycles. The molecule has 0 aliphatic rings. The molecule has 0 aromatic heterocycles. The molecule has 2 rings (SSSR count). The van der Waals surface area contributed by atoms with Crippen molar-refractivity contribution in [3.05, 3.63) is 58.9 Å². The Hall–Kier alpha value is -1.87. The van der Waals surface area contributed by atoms with Crippen LogP contribution >= 0.6 is 0 Å². The van der Waals surface area contributed by atoms with Crippen molar-refractivity contribution in [1.82, 2.24) is 0 Å². The Balaban J connectivity index is 2.23. The van der Waals surface area contributed by atoms with Crippen molar-refractivity contribution >= 4 is 0 Å². The summed E-state index contributed by atoms with van der Waals surface area (Å²) in [6.07, 6.45) is 0.653. The van der Waals surface area contributed by atoms with Gasteiger partial charge < -0.3 is 10.5 Å². The van der Waals surface area contributed by atoms with Crippen LogP contribution in [-0.2, 0) is 6.42 Å². The van der Waals surface area contributed by atoms with Crippen molar-refractivity contribution in [2.45, 2.75) is 33.2 Å². The van der Waals surface area contributed by atoms with Crippen LogP contribution in [0.2, 0.25) is 0 Å². The van der Waals surface area contributed by atoms with Crippen LogP contribution in [0.15, 0.2) is 36.4 Å². The molecule has 0 radical (unpaired) electrons. The van der Waals surface area contributed by atoms with E-state index in [0.717, 1.165) is 16.7 Å². The van der Waals surface area contributed by atoms with Gasteiger partial charge in [-0.25, -0.2) is 4.39 Å². The van der Waals surface area contributed by atoms with Gasteiger partial charge in [0.05, 0.1) is 0 Å². The highest BCUT2D eigenvalue weighted by Gasteiger charge is 2.09. The fraction of sp³-hybridized carbons (Fsp3) is 0.294. The number of halogens is 1. The maximum Gasteiger partial charge on any atom is 0.165 e. The van der Waals surface area contributed by atoms with Crippen LogP contribution in [0.4, 0.5) is 4.39 Å². The van der Waals surface area contributed by atoms with Crippen LogP contribution in [0, 0.1) is 19.7 Å². The van der Waals surface area contributed by atoms with Crippen LogP contribution in [0.25, 0.3) is 0 Å². The number of hydrogen-bond donors (Lipinski definition) is 1. The molecule has 1 unspecified atom stereocenters. The third-order valence-electron chi connectivity index (χ3n) is 3.12. The van der Waals surface area contributed by atoms with Gasteiger partial charge in [-0.05, 0) is 62.1 Å². The minimum absolute atomic E-state index is 0.0141. The summed E-state index contributed by atoms with van der Waals surface area (Å²) in [6.45, 7) is 5.82. The summed E-state index contributed by atoms with van der Waals surface area (Å²) < 4.78 is 19.7. The van der Waals surface area contributed by atoms with Crippen molar-refractivity contribution < 1.29 is 9.13 Å². The maximum atomic E-state index is 14.1. The number of ether oxygens (including phenoxy) is 1. The zero-order valence-electron chi connectivity index (χ0n) is 12.1. The summed E-state index contributed by atoms with van der Waals surface area (Å²) in [4.78, 5) is 0. The Morgan fingerprint density at radius 2 is 1.85 bits per heavy atom. The van der Waals surface area contributed by atoms with E-state index < -0.39 is 0 Å². The van der Waals surface area contributed by atoms with Crippen LogP contribution < -0.4 is 10.5 Å². The number of aryl methyl sites for hydroxylation is 2. The standard InChI is InChI=1S/C17H20FNO/c1-11-4-5-12(2)17(8-11)20-16-7-6-14(9-13(3)19)10-15(16)18/h4-8,10,13H,9,19H2,1-3H3. The smallest absolute Gasteiger partial charge is 0.165 e. The van der Waals surface area contributed by atoms with Crippen molar-refractivity contribution in [1.29, 1.82) is 0 Å². The molecule has 0 amide bonds. The highest BCUT2D eigenvalue weighted by molar-refractivity contribution is 5.40. The van der Waals surface area contributed by atoms with Gasteiger partial charge in [-0.15, -0.1) is 0 Å². The van der Waals surface area contributed by atoms with E-state index in [2.05, 4.69) is 0 Å². The molecule has 2 nitrogen and oxygen atoms in total. The largest absolute Gasteiger partial charge is 0.454 e. The van der Waals surface area contributed by atoms with Gasteiger partial charge in [0.25, 0.3) is 0 Å². The van der Waals surface area contributed by atoms with E-state index in [1.807, 2.05) is 45.0 Å². The normalized spacial score (nSPS) is 12.2. The van der Waals surface area contributed by atoms with Crippen molar-refractivity contribution in [2.75, 3.05) is 0 Å². The van der Waals surface area contributed by atoms with E-state index in [1.54, 1.807) is 6.07 Å². The third-order valence-corrected chi connectivity index (χ3v) is 3.12. The van der Waals surface area contributed by atoms with Gasteiger partial charge in [0.2, 0.25) is 0 Å². The molecule has 0 fully saturated rings. The van der Waals surface area contributed by atoms with Gasteiger partial charge >= 0.3 is 0 Å². The molecule has 0 saturated carbocycles. The third kappa shape index (κ3) is 3.58. The summed E-state index contributed by atoms with van der Waals surface area (Å²) in [5.41, 5.74) is 8.66. The Labute approximate surface area is 119 Å².